The second kappa shape index (κ2) is 4.13. The fourth-order valence-corrected chi connectivity index (χ4v) is 2.04. The van der Waals surface area contributed by atoms with Crippen LogP contribution in [0.5, 0.6) is 0 Å². The quantitative estimate of drug-likeness (QED) is 0.756. The van der Waals surface area contributed by atoms with Crippen molar-refractivity contribution in [3.05, 3.63) is 22.2 Å². The third-order valence-corrected chi connectivity index (χ3v) is 3.19. The van der Waals surface area contributed by atoms with Gasteiger partial charge in [-0.1, -0.05) is 23.2 Å². The Bertz CT molecular complexity index is 451. The number of benzene rings is 1. The number of aliphatic hydroxyl groups is 1. The number of carbonyl (C=O) groups is 1. The van der Waals surface area contributed by atoms with Crippen molar-refractivity contribution in [3.63, 3.8) is 0 Å². The summed E-state index contributed by atoms with van der Waals surface area (Å²) >= 11 is 11.7. The summed E-state index contributed by atoms with van der Waals surface area (Å²) in [5.41, 5.74) is 6.63. The monoisotopic (exact) mass is 260 g/mol. The summed E-state index contributed by atoms with van der Waals surface area (Å²) < 4.78 is 0. The van der Waals surface area contributed by atoms with E-state index in [9.17, 15) is 9.90 Å². The van der Waals surface area contributed by atoms with Gasteiger partial charge >= 0.3 is 0 Å². The molecule has 3 N–H and O–H groups in total. The predicted molar refractivity (Wildman–Crippen MR) is 63.9 cm³/mol. The minimum absolute atomic E-state index is 0.111. The van der Waals surface area contributed by atoms with Gasteiger partial charge in [-0.3, -0.25) is 4.79 Å². The van der Waals surface area contributed by atoms with E-state index in [0.717, 1.165) is 0 Å². The van der Waals surface area contributed by atoms with Crippen LogP contribution in [0.3, 0.4) is 0 Å². The number of nitrogens with two attached hydrogens (primary N) is 1. The van der Waals surface area contributed by atoms with Crippen LogP contribution < -0.4 is 10.6 Å². The van der Waals surface area contributed by atoms with E-state index in [1.54, 1.807) is 0 Å². The van der Waals surface area contributed by atoms with Crippen molar-refractivity contribution in [2.24, 2.45) is 0 Å². The van der Waals surface area contributed by atoms with Crippen molar-refractivity contribution in [3.8, 4) is 0 Å². The normalized spacial score (nSPS) is 20.6. The number of nitrogen functional groups attached to an aromatic ring is 1. The molecule has 4 nitrogen and oxygen atoms in total. The first-order valence-corrected chi connectivity index (χ1v) is 5.47. The number of amides is 1. The topological polar surface area (TPSA) is 66.6 Å². The summed E-state index contributed by atoms with van der Waals surface area (Å²) in [6.45, 7) is 0.237. The number of hydrogen-bond donors (Lipinski definition) is 2. The number of aliphatic hydroxyl groups excluding tert-OH is 1. The molecular weight excluding hydrogens is 251 g/mol. The van der Waals surface area contributed by atoms with Gasteiger partial charge in [0.15, 0.2) is 0 Å². The Balaban J connectivity index is 2.41. The zero-order valence-electron chi connectivity index (χ0n) is 8.28. The number of nitrogens with zero attached hydrogens (tertiary/aromatic N) is 1. The van der Waals surface area contributed by atoms with Crippen LogP contribution in [0.4, 0.5) is 11.4 Å². The van der Waals surface area contributed by atoms with Gasteiger partial charge in [0.1, 0.15) is 0 Å². The number of halogens is 2. The van der Waals surface area contributed by atoms with Crippen LogP contribution >= 0.6 is 23.2 Å². The van der Waals surface area contributed by atoms with Crippen LogP contribution in [0.2, 0.25) is 10.0 Å². The van der Waals surface area contributed by atoms with E-state index in [1.165, 1.54) is 17.0 Å². The largest absolute Gasteiger partial charge is 0.397 e. The minimum Gasteiger partial charge on any atom is -0.397 e. The van der Waals surface area contributed by atoms with Crippen molar-refractivity contribution < 1.29 is 9.90 Å². The highest BCUT2D eigenvalue weighted by Crippen LogP contribution is 2.34. The lowest BCUT2D eigenvalue weighted by atomic mass is 10.2. The van der Waals surface area contributed by atoms with E-state index in [-0.39, 0.29) is 18.9 Å². The maximum Gasteiger partial charge on any atom is 0.229 e. The number of carbonyl (C=O) groups excluding carboxylic acids is 1. The predicted octanol–water partition coefficient (Wildman–Crippen LogP) is 1.67. The maximum absolute atomic E-state index is 11.6. The molecule has 0 bridgehead atoms. The van der Waals surface area contributed by atoms with Crippen LogP contribution in [0.1, 0.15) is 6.42 Å². The Hall–Kier alpha value is -0.970. The molecule has 1 aromatic carbocycles. The lowest BCUT2D eigenvalue weighted by Gasteiger charge is -2.18. The second-order valence-corrected chi connectivity index (χ2v) is 4.50. The molecule has 1 fully saturated rings. The van der Waals surface area contributed by atoms with Gasteiger partial charge in [0, 0.05) is 0 Å². The molecule has 1 heterocycles. The Kier molecular flexibility index (Phi) is 2.97. The van der Waals surface area contributed by atoms with Crippen LogP contribution in [-0.4, -0.2) is 23.7 Å². The smallest absolute Gasteiger partial charge is 0.229 e. The fraction of sp³-hybridized carbons (Fsp3) is 0.300. The molecule has 86 valence electrons. The zero-order valence-corrected chi connectivity index (χ0v) is 9.79. The van der Waals surface area contributed by atoms with Crippen molar-refractivity contribution in [1.29, 1.82) is 0 Å². The first-order valence-electron chi connectivity index (χ1n) is 4.72. The molecule has 0 radical (unpaired) electrons. The first kappa shape index (κ1) is 11.5. The van der Waals surface area contributed by atoms with Gasteiger partial charge in [0.2, 0.25) is 5.91 Å². The SMILES string of the molecule is Nc1cc(Cl)c(Cl)cc1N1CC(O)CC1=O. The number of anilines is 2. The van der Waals surface area contributed by atoms with Crippen LogP contribution in [0.15, 0.2) is 12.1 Å². The van der Waals surface area contributed by atoms with Gasteiger partial charge in [-0.15, -0.1) is 0 Å². The van der Waals surface area contributed by atoms with Crippen LogP contribution in [0.25, 0.3) is 0 Å². The van der Waals surface area contributed by atoms with E-state index in [2.05, 4.69) is 0 Å². The summed E-state index contributed by atoms with van der Waals surface area (Å²) in [5.74, 6) is -0.169. The van der Waals surface area contributed by atoms with Gasteiger partial charge in [0.05, 0.1) is 40.5 Å². The summed E-state index contributed by atoms with van der Waals surface area (Å²) in [6, 6.07) is 3.03. The summed E-state index contributed by atoms with van der Waals surface area (Å²) in [7, 11) is 0. The number of β-amino-alcohol motifs (C(OH)–C–C–N with tert-alkyl or cyclic N) is 1. The Morgan fingerprint density at radius 2 is 2.00 bits per heavy atom. The Morgan fingerprint density at radius 1 is 1.38 bits per heavy atom. The van der Waals surface area contributed by atoms with Gasteiger partial charge in [-0.2, -0.15) is 0 Å². The third kappa shape index (κ3) is 1.96. The maximum atomic E-state index is 11.6. The van der Waals surface area contributed by atoms with Gasteiger partial charge in [0.25, 0.3) is 0 Å². The molecule has 1 saturated heterocycles. The molecule has 0 spiro atoms. The molecule has 6 heteroatoms. The average Bonchev–Trinajstić information content (AvgIpc) is 2.51. The molecule has 1 unspecified atom stereocenters. The summed E-state index contributed by atoms with van der Waals surface area (Å²) in [4.78, 5) is 13.0. The van der Waals surface area contributed by atoms with E-state index >= 15 is 0 Å². The van der Waals surface area contributed by atoms with Crippen molar-refractivity contribution in [1.82, 2.24) is 0 Å². The molecule has 2 rings (SSSR count). The Labute approximate surface area is 103 Å². The average molecular weight is 261 g/mol. The highest BCUT2D eigenvalue weighted by atomic mass is 35.5. The molecule has 0 aromatic heterocycles. The number of hydrogen-bond acceptors (Lipinski definition) is 3. The van der Waals surface area contributed by atoms with Gasteiger partial charge in [-0.05, 0) is 12.1 Å². The molecule has 1 amide bonds. The van der Waals surface area contributed by atoms with Crippen LogP contribution in [0, 0.1) is 0 Å². The summed E-state index contributed by atoms with van der Waals surface area (Å²) in [6.07, 6.45) is -0.541. The van der Waals surface area contributed by atoms with E-state index in [4.69, 9.17) is 28.9 Å². The lowest BCUT2D eigenvalue weighted by Crippen LogP contribution is -2.26. The molecule has 1 aliphatic heterocycles. The molecular formula is C10H10Cl2N2O2. The van der Waals surface area contributed by atoms with E-state index in [1.807, 2.05) is 0 Å². The van der Waals surface area contributed by atoms with Crippen molar-refractivity contribution >= 4 is 40.5 Å². The van der Waals surface area contributed by atoms with Crippen molar-refractivity contribution in [2.75, 3.05) is 17.2 Å². The van der Waals surface area contributed by atoms with E-state index in [0.29, 0.717) is 21.4 Å². The van der Waals surface area contributed by atoms with Gasteiger partial charge in [-0.25, -0.2) is 0 Å². The molecule has 1 aliphatic rings. The molecule has 16 heavy (non-hydrogen) atoms. The lowest BCUT2D eigenvalue weighted by molar-refractivity contribution is -0.117. The van der Waals surface area contributed by atoms with E-state index < -0.39 is 6.10 Å². The molecule has 0 saturated carbocycles. The van der Waals surface area contributed by atoms with Crippen molar-refractivity contribution in [2.45, 2.75) is 12.5 Å². The number of rotatable bonds is 1. The zero-order chi connectivity index (χ0) is 11.9. The minimum atomic E-state index is -0.652. The molecule has 0 aliphatic carbocycles. The third-order valence-electron chi connectivity index (χ3n) is 2.47. The highest BCUT2D eigenvalue weighted by Gasteiger charge is 2.30. The van der Waals surface area contributed by atoms with Crippen LogP contribution in [-0.2, 0) is 4.79 Å². The first-order chi connectivity index (χ1) is 7.49. The fourth-order valence-electron chi connectivity index (χ4n) is 1.71. The second-order valence-electron chi connectivity index (χ2n) is 3.69. The Morgan fingerprint density at radius 3 is 2.56 bits per heavy atom. The highest BCUT2D eigenvalue weighted by molar-refractivity contribution is 6.42. The standard InChI is InChI=1S/C10H10Cl2N2O2/c11-6-2-8(13)9(3-7(6)12)14-4-5(15)1-10(14)16/h2-3,5,15H,1,4,13H2. The molecule has 1 atom stereocenters. The molecule has 1 aromatic rings. The van der Waals surface area contributed by atoms with Gasteiger partial charge < -0.3 is 15.7 Å². The summed E-state index contributed by atoms with van der Waals surface area (Å²) in [5, 5.41) is 10.1.